The van der Waals surface area contributed by atoms with E-state index < -0.39 is 11.7 Å². The molecule has 0 aromatic carbocycles. The van der Waals surface area contributed by atoms with E-state index >= 15 is 0 Å². The second-order valence-corrected chi connectivity index (χ2v) is 1.29. The van der Waals surface area contributed by atoms with E-state index in [9.17, 15) is 4.79 Å². The van der Waals surface area contributed by atoms with Crippen LogP contribution in [-0.2, 0) is 13.8 Å². The molecule has 0 aromatic rings. The highest BCUT2D eigenvalue weighted by molar-refractivity contribution is 7.75. The summed E-state index contributed by atoms with van der Waals surface area (Å²) in [5.74, 6) is -0.850. The van der Waals surface area contributed by atoms with Gasteiger partial charge in [-0.2, -0.15) is 5.26 Å². The van der Waals surface area contributed by atoms with Crippen molar-refractivity contribution >= 4 is 24.6 Å². The van der Waals surface area contributed by atoms with Gasteiger partial charge in [-0.3, -0.25) is 0 Å². The fourth-order valence-corrected chi connectivity index (χ4v) is 0.322. The molecule has 0 spiro atoms. The van der Waals surface area contributed by atoms with Crippen LogP contribution in [0.3, 0.4) is 0 Å². The fourth-order valence-electron chi connectivity index (χ4n) is 0.241. The molecule has 0 heterocycles. The quantitative estimate of drug-likeness (QED) is 0.201. The smallest absolute Gasteiger partial charge is 0.371 e. The first-order chi connectivity index (χ1) is 4.76. The molecule has 0 saturated carbocycles. The molecule has 0 amide bonds. The van der Waals surface area contributed by atoms with Crippen molar-refractivity contribution in [3.63, 3.8) is 0 Å². The van der Waals surface area contributed by atoms with E-state index in [0.717, 1.165) is 7.11 Å². The van der Waals surface area contributed by atoms with Crippen LogP contribution in [0.4, 0.5) is 0 Å². The van der Waals surface area contributed by atoms with E-state index in [2.05, 4.69) is 27.1 Å². The maximum atomic E-state index is 10.4. The number of nitriles is 1. The standard InChI is InChI=1S/C4H4N2O3S/c1-8-4(7)3(2-5)6-9-10/h10H,1H3/b6-3+. The zero-order valence-corrected chi connectivity index (χ0v) is 5.96. The Balaban J connectivity index is 4.25. The van der Waals surface area contributed by atoms with Crippen LogP contribution in [0.2, 0.25) is 0 Å². The minimum Gasteiger partial charge on any atom is -0.464 e. The molecule has 5 nitrogen and oxygen atoms in total. The van der Waals surface area contributed by atoms with Crippen LogP contribution in [0.5, 0.6) is 0 Å². The number of ether oxygens (including phenoxy) is 1. The van der Waals surface area contributed by atoms with E-state index in [1.165, 1.54) is 6.07 Å². The summed E-state index contributed by atoms with van der Waals surface area (Å²) in [5.41, 5.74) is -0.475. The fraction of sp³-hybridized carbons (Fsp3) is 0.250. The first kappa shape index (κ1) is 8.78. The van der Waals surface area contributed by atoms with Crippen molar-refractivity contribution < 1.29 is 13.8 Å². The molecule has 0 aliphatic heterocycles. The summed E-state index contributed by atoms with van der Waals surface area (Å²) in [6.45, 7) is 0. The molecule has 0 N–H and O–H groups in total. The Morgan fingerprint density at radius 2 is 2.40 bits per heavy atom. The molecule has 0 bridgehead atoms. The number of rotatable bonds is 2. The summed E-state index contributed by atoms with van der Waals surface area (Å²) in [6.07, 6.45) is 0. The Hall–Kier alpha value is -1.22. The minimum atomic E-state index is -0.850. The Labute approximate surface area is 62.8 Å². The molecular formula is C4H4N2O3S. The van der Waals surface area contributed by atoms with Crippen molar-refractivity contribution in [1.82, 2.24) is 0 Å². The van der Waals surface area contributed by atoms with Crippen molar-refractivity contribution in [2.24, 2.45) is 5.16 Å². The molecule has 0 rings (SSSR count). The molecular weight excluding hydrogens is 156 g/mol. The lowest BCUT2D eigenvalue weighted by Gasteiger charge is -1.91. The summed E-state index contributed by atoms with van der Waals surface area (Å²) in [4.78, 5) is 10.4. The lowest BCUT2D eigenvalue weighted by atomic mass is 10.4. The Kier molecular flexibility index (Phi) is 4.07. The number of esters is 1. The van der Waals surface area contributed by atoms with Gasteiger partial charge in [0.05, 0.1) is 20.0 Å². The van der Waals surface area contributed by atoms with E-state index in [4.69, 9.17) is 5.26 Å². The van der Waals surface area contributed by atoms with Gasteiger partial charge in [-0.05, 0) is 0 Å². The highest BCUT2D eigenvalue weighted by Gasteiger charge is 2.10. The third kappa shape index (κ3) is 2.37. The van der Waals surface area contributed by atoms with Gasteiger partial charge in [0.2, 0.25) is 0 Å². The largest absolute Gasteiger partial charge is 0.464 e. The molecule has 6 heteroatoms. The molecule has 0 unspecified atom stereocenters. The lowest BCUT2D eigenvalue weighted by molar-refractivity contribution is -0.132. The number of hydrogen-bond donors (Lipinski definition) is 1. The average Bonchev–Trinajstić information content (AvgIpc) is 1.99. The van der Waals surface area contributed by atoms with Crippen LogP contribution < -0.4 is 0 Å². The number of hydrogen-bond acceptors (Lipinski definition) is 6. The molecule has 0 aromatic heterocycles. The zero-order chi connectivity index (χ0) is 7.98. The molecule has 10 heavy (non-hydrogen) atoms. The van der Waals surface area contributed by atoms with Gasteiger partial charge in [0.15, 0.2) is 0 Å². The van der Waals surface area contributed by atoms with Crippen LogP contribution in [0, 0.1) is 11.3 Å². The van der Waals surface area contributed by atoms with Gasteiger partial charge in [-0.15, -0.1) is 0 Å². The molecule has 0 saturated heterocycles. The summed E-state index contributed by atoms with van der Waals surface area (Å²) in [6, 6.07) is 1.46. The molecule has 0 atom stereocenters. The molecule has 0 radical (unpaired) electrons. The number of oxime groups is 1. The average molecular weight is 160 g/mol. The second kappa shape index (κ2) is 4.64. The van der Waals surface area contributed by atoms with Crippen LogP contribution in [-0.4, -0.2) is 18.8 Å². The monoisotopic (exact) mass is 160 g/mol. The Morgan fingerprint density at radius 1 is 1.80 bits per heavy atom. The van der Waals surface area contributed by atoms with E-state index in [1.54, 1.807) is 0 Å². The van der Waals surface area contributed by atoms with Crippen molar-refractivity contribution in [3.05, 3.63) is 0 Å². The maximum absolute atomic E-state index is 10.4. The van der Waals surface area contributed by atoms with Gasteiger partial charge in [0.25, 0.3) is 5.71 Å². The Bertz CT molecular complexity index is 195. The van der Waals surface area contributed by atoms with Crippen molar-refractivity contribution in [2.45, 2.75) is 0 Å². The van der Waals surface area contributed by atoms with Gasteiger partial charge in [0.1, 0.15) is 6.07 Å². The molecule has 0 aliphatic carbocycles. The van der Waals surface area contributed by atoms with Gasteiger partial charge < -0.3 is 9.02 Å². The minimum absolute atomic E-state index is 0.475. The summed E-state index contributed by atoms with van der Waals surface area (Å²) < 4.78 is 8.03. The number of methoxy groups -OCH3 is 1. The molecule has 0 aliphatic rings. The second-order valence-electron chi connectivity index (χ2n) is 1.12. The number of carbonyl (C=O) groups excluding carboxylic acids is 1. The van der Waals surface area contributed by atoms with Crippen molar-refractivity contribution in [2.75, 3.05) is 7.11 Å². The topological polar surface area (TPSA) is 71.7 Å². The Morgan fingerprint density at radius 3 is 2.70 bits per heavy atom. The van der Waals surface area contributed by atoms with Gasteiger partial charge in [-0.1, -0.05) is 5.16 Å². The van der Waals surface area contributed by atoms with Crippen LogP contribution in [0.15, 0.2) is 5.16 Å². The van der Waals surface area contributed by atoms with Crippen molar-refractivity contribution in [3.8, 4) is 6.07 Å². The maximum Gasteiger partial charge on any atom is 0.371 e. The first-order valence-corrected chi connectivity index (χ1v) is 2.49. The lowest BCUT2D eigenvalue weighted by Crippen LogP contribution is -2.13. The highest BCUT2D eigenvalue weighted by Crippen LogP contribution is 1.85. The van der Waals surface area contributed by atoms with Crippen molar-refractivity contribution in [1.29, 1.82) is 5.26 Å². The van der Waals surface area contributed by atoms with Gasteiger partial charge in [-0.25, -0.2) is 4.79 Å². The van der Waals surface area contributed by atoms with E-state index in [-0.39, 0.29) is 0 Å². The first-order valence-electron chi connectivity index (χ1n) is 2.13. The summed E-state index contributed by atoms with van der Waals surface area (Å²) in [5, 5.41) is 11.1. The van der Waals surface area contributed by atoms with Gasteiger partial charge >= 0.3 is 5.97 Å². The number of carbonyl (C=O) groups is 1. The zero-order valence-electron chi connectivity index (χ0n) is 5.07. The third-order valence-corrected chi connectivity index (χ3v) is 0.698. The number of thiol groups is 1. The molecule has 54 valence electrons. The van der Waals surface area contributed by atoms with E-state index in [0.29, 0.717) is 0 Å². The number of nitrogens with zero attached hydrogens (tertiary/aromatic N) is 2. The summed E-state index contributed by atoms with van der Waals surface area (Å²) in [7, 11) is 1.13. The predicted molar refractivity (Wildman–Crippen MR) is 35.1 cm³/mol. The van der Waals surface area contributed by atoms with E-state index in [1.807, 2.05) is 0 Å². The van der Waals surface area contributed by atoms with Gasteiger partial charge in [0, 0.05) is 0 Å². The van der Waals surface area contributed by atoms with Crippen LogP contribution in [0.25, 0.3) is 0 Å². The van der Waals surface area contributed by atoms with Crippen LogP contribution >= 0.6 is 12.9 Å². The van der Waals surface area contributed by atoms with Crippen LogP contribution in [0.1, 0.15) is 0 Å². The normalized spacial score (nSPS) is 9.90. The predicted octanol–water partition coefficient (Wildman–Crippen LogP) is -0.0996. The SMILES string of the molecule is COC(=O)/C(C#N)=N/OS. The third-order valence-electron chi connectivity index (χ3n) is 0.617. The summed E-state index contributed by atoms with van der Waals surface area (Å²) >= 11 is 3.20. The molecule has 0 fully saturated rings. The highest BCUT2D eigenvalue weighted by atomic mass is 32.1.